The number of hydrogen-bond donors (Lipinski definition) is 2. The van der Waals surface area contributed by atoms with Crippen LogP contribution in [-0.2, 0) is 0 Å². The second-order valence-corrected chi connectivity index (χ2v) is 4.47. The molecular weight excluding hydrogens is 218 g/mol. The lowest BCUT2D eigenvalue weighted by Gasteiger charge is -2.28. The van der Waals surface area contributed by atoms with Crippen LogP contribution in [-0.4, -0.2) is 33.1 Å². The molecule has 0 radical (unpaired) electrons. The lowest BCUT2D eigenvalue weighted by atomic mass is 9.92. The van der Waals surface area contributed by atoms with Gasteiger partial charge in [0.1, 0.15) is 5.69 Å². The Hall–Kier alpha value is -1.49. The highest BCUT2D eigenvalue weighted by Crippen LogP contribution is 2.18. The van der Waals surface area contributed by atoms with Gasteiger partial charge in [-0.25, -0.2) is 4.98 Å². The number of aliphatic hydroxyl groups excluding tert-OH is 1. The van der Waals surface area contributed by atoms with E-state index in [9.17, 15) is 9.90 Å². The Balaban J connectivity index is 1.98. The lowest BCUT2D eigenvalue weighted by molar-refractivity contribution is 0.0713. The van der Waals surface area contributed by atoms with E-state index >= 15 is 0 Å². The van der Waals surface area contributed by atoms with Crippen LogP contribution in [0.1, 0.15) is 41.9 Å². The predicted octanol–water partition coefficient (Wildman–Crippen LogP) is 0.818. The summed E-state index contributed by atoms with van der Waals surface area (Å²) in [5, 5.41) is 12.6. The van der Waals surface area contributed by atoms with Gasteiger partial charge in [0.25, 0.3) is 5.91 Å². The van der Waals surface area contributed by atoms with Crippen LogP contribution in [0, 0.1) is 6.92 Å². The smallest absolute Gasteiger partial charge is 0.271 e. The number of carbonyl (C=O) groups excluding carboxylic acids is 1. The summed E-state index contributed by atoms with van der Waals surface area (Å²) in [6, 6.07) is -0.153. The molecule has 0 aliphatic heterocycles. The van der Waals surface area contributed by atoms with Crippen molar-refractivity contribution < 1.29 is 9.90 Å². The maximum atomic E-state index is 11.8. The number of aromatic nitrogens is 2. The van der Waals surface area contributed by atoms with E-state index in [2.05, 4.69) is 15.3 Å². The molecule has 1 heterocycles. The summed E-state index contributed by atoms with van der Waals surface area (Å²) in [4.78, 5) is 19.9. The standard InChI is InChI=1S/C12H17N3O2/c1-8-6-14-10(7-13-8)12(17)15-9-4-2-3-5-11(9)16/h6-7,9,11,16H,2-5H2,1H3,(H,15,17)/t9-,11-/m0/s1. The number of nitrogens with zero attached hydrogens (tertiary/aromatic N) is 2. The highest BCUT2D eigenvalue weighted by Gasteiger charge is 2.25. The number of nitrogens with one attached hydrogen (secondary N) is 1. The zero-order valence-corrected chi connectivity index (χ0v) is 9.89. The Labute approximate surface area is 100 Å². The van der Waals surface area contributed by atoms with Crippen molar-refractivity contribution in [2.24, 2.45) is 0 Å². The third-order valence-electron chi connectivity index (χ3n) is 3.06. The molecule has 1 aromatic rings. The first kappa shape index (κ1) is 12.0. The lowest BCUT2D eigenvalue weighted by Crippen LogP contribution is -2.45. The minimum absolute atomic E-state index is 0.153. The second-order valence-electron chi connectivity index (χ2n) is 4.47. The van der Waals surface area contributed by atoms with Gasteiger partial charge in [-0.15, -0.1) is 0 Å². The molecule has 0 unspecified atom stereocenters. The van der Waals surface area contributed by atoms with Crippen molar-refractivity contribution in [2.75, 3.05) is 0 Å². The third kappa shape index (κ3) is 3.00. The first-order valence-corrected chi connectivity index (χ1v) is 5.94. The van der Waals surface area contributed by atoms with Crippen molar-refractivity contribution in [3.8, 4) is 0 Å². The fourth-order valence-corrected chi connectivity index (χ4v) is 2.03. The topological polar surface area (TPSA) is 75.1 Å². The molecule has 92 valence electrons. The molecule has 1 aliphatic carbocycles. The maximum absolute atomic E-state index is 11.8. The van der Waals surface area contributed by atoms with E-state index in [-0.39, 0.29) is 11.9 Å². The van der Waals surface area contributed by atoms with Crippen LogP contribution in [0.4, 0.5) is 0 Å². The highest BCUT2D eigenvalue weighted by atomic mass is 16.3. The van der Waals surface area contributed by atoms with Crippen LogP contribution >= 0.6 is 0 Å². The fraction of sp³-hybridized carbons (Fsp3) is 0.583. The van der Waals surface area contributed by atoms with Gasteiger partial charge in [-0.05, 0) is 19.8 Å². The van der Waals surface area contributed by atoms with E-state index in [1.54, 1.807) is 6.20 Å². The molecular formula is C12H17N3O2. The largest absolute Gasteiger partial charge is 0.391 e. The molecule has 0 bridgehead atoms. The molecule has 2 atom stereocenters. The van der Waals surface area contributed by atoms with Crippen molar-refractivity contribution >= 4 is 5.91 Å². The number of aliphatic hydroxyl groups is 1. The molecule has 2 N–H and O–H groups in total. The molecule has 1 aliphatic rings. The average molecular weight is 235 g/mol. The van der Waals surface area contributed by atoms with E-state index in [0.717, 1.165) is 31.4 Å². The summed E-state index contributed by atoms with van der Waals surface area (Å²) >= 11 is 0. The van der Waals surface area contributed by atoms with Crippen molar-refractivity contribution in [1.29, 1.82) is 0 Å². The monoisotopic (exact) mass is 235 g/mol. The second kappa shape index (κ2) is 5.23. The van der Waals surface area contributed by atoms with Crippen LogP contribution in [0.5, 0.6) is 0 Å². The average Bonchev–Trinajstić information content (AvgIpc) is 2.33. The minimum atomic E-state index is -0.439. The summed E-state index contributed by atoms with van der Waals surface area (Å²) in [5.41, 5.74) is 1.08. The predicted molar refractivity (Wildman–Crippen MR) is 62.5 cm³/mol. The molecule has 5 nitrogen and oxygen atoms in total. The first-order valence-electron chi connectivity index (χ1n) is 5.94. The summed E-state index contributed by atoms with van der Waals surface area (Å²) in [6.45, 7) is 1.82. The highest BCUT2D eigenvalue weighted by molar-refractivity contribution is 5.92. The van der Waals surface area contributed by atoms with Gasteiger partial charge in [-0.2, -0.15) is 0 Å². The van der Waals surface area contributed by atoms with Gasteiger partial charge in [-0.1, -0.05) is 12.8 Å². The van der Waals surface area contributed by atoms with E-state index in [1.165, 1.54) is 6.20 Å². The molecule has 1 fully saturated rings. The van der Waals surface area contributed by atoms with Gasteiger partial charge in [0.05, 0.1) is 24.0 Å². The summed E-state index contributed by atoms with van der Waals surface area (Å²) in [7, 11) is 0. The van der Waals surface area contributed by atoms with Crippen molar-refractivity contribution in [1.82, 2.24) is 15.3 Å². The minimum Gasteiger partial charge on any atom is -0.391 e. The van der Waals surface area contributed by atoms with Crippen molar-refractivity contribution in [2.45, 2.75) is 44.8 Å². The van der Waals surface area contributed by atoms with E-state index in [4.69, 9.17) is 0 Å². The Kier molecular flexibility index (Phi) is 3.68. The van der Waals surface area contributed by atoms with Gasteiger partial charge in [0, 0.05) is 6.20 Å². The number of carbonyl (C=O) groups is 1. The van der Waals surface area contributed by atoms with Crippen molar-refractivity contribution in [3.05, 3.63) is 23.8 Å². The van der Waals surface area contributed by atoms with Crippen LogP contribution in [0.25, 0.3) is 0 Å². The normalized spacial score (nSPS) is 24.4. The van der Waals surface area contributed by atoms with Crippen LogP contribution in [0.15, 0.2) is 12.4 Å². The SMILES string of the molecule is Cc1cnc(C(=O)N[C@H]2CCCC[C@@H]2O)cn1. The number of amides is 1. The Bertz CT molecular complexity index is 391. The molecule has 1 amide bonds. The van der Waals surface area contributed by atoms with E-state index in [1.807, 2.05) is 6.92 Å². The molecule has 5 heteroatoms. The summed E-state index contributed by atoms with van der Waals surface area (Å²) in [6.07, 6.45) is 6.23. The number of hydrogen-bond acceptors (Lipinski definition) is 4. The van der Waals surface area contributed by atoms with Gasteiger partial charge < -0.3 is 10.4 Å². The van der Waals surface area contributed by atoms with Gasteiger partial charge in [-0.3, -0.25) is 9.78 Å². The third-order valence-corrected chi connectivity index (χ3v) is 3.06. The van der Waals surface area contributed by atoms with Gasteiger partial charge in [0.15, 0.2) is 0 Å². The van der Waals surface area contributed by atoms with Gasteiger partial charge in [0.2, 0.25) is 0 Å². The number of aryl methyl sites for hydroxylation is 1. The summed E-state index contributed by atoms with van der Waals surface area (Å²) in [5.74, 6) is -0.261. The number of rotatable bonds is 2. The van der Waals surface area contributed by atoms with Crippen LogP contribution < -0.4 is 5.32 Å². The molecule has 17 heavy (non-hydrogen) atoms. The van der Waals surface area contributed by atoms with E-state index < -0.39 is 6.10 Å². The van der Waals surface area contributed by atoms with Crippen LogP contribution in [0.2, 0.25) is 0 Å². The maximum Gasteiger partial charge on any atom is 0.271 e. The zero-order valence-electron chi connectivity index (χ0n) is 9.89. The van der Waals surface area contributed by atoms with E-state index in [0.29, 0.717) is 5.69 Å². The molecule has 0 spiro atoms. The first-order chi connectivity index (χ1) is 8.16. The van der Waals surface area contributed by atoms with Crippen LogP contribution in [0.3, 0.4) is 0 Å². The van der Waals surface area contributed by atoms with Gasteiger partial charge >= 0.3 is 0 Å². The zero-order chi connectivity index (χ0) is 12.3. The van der Waals surface area contributed by atoms with Crippen molar-refractivity contribution in [3.63, 3.8) is 0 Å². The molecule has 2 rings (SSSR count). The quantitative estimate of drug-likeness (QED) is 0.795. The Morgan fingerprint density at radius 3 is 2.76 bits per heavy atom. The summed E-state index contributed by atoms with van der Waals surface area (Å²) < 4.78 is 0. The Morgan fingerprint density at radius 2 is 2.12 bits per heavy atom. The Morgan fingerprint density at radius 1 is 1.35 bits per heavy atom. The molecule has 1 saturated carbocycles. The molecule has 1 aromatic heterocycles. The molecule has 0 aromatic carbocycles. The molecule has 0 saturated heterocycles. The fourth-order valence-electron chi connectivity index (χ4n) is 2.03.